The predicted molar refractivity (Wildman–Crippen MR) is 103 cm³/mol. The van der Waals surface area contributed by atoms with E-state index in [-0.39, 0.29) is 12.2 Å². The van der Waals surface area contributed by atoms with Crippen LogP contribution in [0.5, 0.6) is 0 Å². The van der Waals surface area contributed by atoms with Crippen LogP contribution in [0.1, 0.15) is 21.6 Å². The van der Waals surface area contributed by atoms with Crippen LogP contribution in [0.2, 0.25) is 0 Å². The van der Waals surface area contributed by atoms with Gasteiger partial charge in [-0.15, -0.1) is 0 Å². The molecule has 28 heavy (non-hydrogen) atoms. The number of H-pyrrole nitrogens is 1. The molecule has 6 heteroatoms. The van der Waals surface area contributed by atoms with Crippen molar-refractivity contribution >= 4 is 11.8 Å². The number of nitrogens with zero attached hydrogens (tertiary/aromatic N) is 1. The molecule has 0 fully saturated rings. The Bertz CT molecular complexity index is 1140. The van der Waals surface area contributed by atoms with Crippen molar-refractivity contribution in [2.45, 2.75) is 6.42 Å². The molecule has 4 aromatic rings. The summed E-state index contributed by atoms with van der Waals surface area (Å²) in [6.07, 6.45) is 2.64. The van der Waals surface area contributed by atoms with Crippen molar-refractivity contribution in [3.63, 3.8) is 0 Å². The van der Waals surface area contributed by atoms with Crippen molar-refractivity contribution in [3.05, 3.63) is 89.9 Å². The van der Waals surface area contributed by atoms with E-state index in [0.29, 0.717) is 22.5 Å². The first-order valence-corrected chi connectivity index (χ1v) is 8.66. The number of hydrogen-bond acceptors (Lipinski definition) is 4. The minimum atomic E-state index is -0.968. The third-order valence-corrected chi connectivity index (χ3v) is 4.40. The van der Waals surface area contributed by atoms with Gasteiger partial charge in [0.1, 0.15) is 12.0 Å². The Labute approximate surface area is 160 Å². The van der Waals surface area contributed by atoms with Crippen LogP contribution in [0.25, 0.3) is 22.4 Å². The van der Waals surface area contributed by atoms with Gasteiger partial charge in [0, 0.05) is 23.0 Å². The van der Waals surface area contributed by atoms with Crippen molar-refractivity contribution in [2.24, 2.45) is 0 Å². The maximum Gasteiger partial charge on any atom is 0.309 e. The molecule has 0 radical (unpaired) electrons. The molecule has 138 valence electrons. The third kappa shape index (κ3) is 3.48. The Morgan fingerprint density at radius 1 is 0.964 bits per heavy atom. The van der Waals surface area contributed by atoms with Crippen molar-refractivity contribution in [1.82, 2.24) is 10.1 Å². The highest BCUT2D eigenvalue weighted by Crippen LogP contribution is 2.29. The number of hydrogen-bond donors (Lipinski definition) is 2. The largest absolute Gasteiger partial charge is 0.481 e. The number of aromatic amines is 1. The first-order chi connectivity index (χ1) is 13.6. The number of nitrogens with one attached hydrogen (secondary N) is 1. The average Bonchev–Trinajstić information content (AvgIpc) is 3.37. The van der Waals surface area contributed by atoms with Gasteiger partial charge in [0.2, 0.25) is 0 Å². The second-order valence-electron chi connectivity index (χ2n) is 6.34. The fourth-order valence-electron chi connectivity index (χ4n) is 3.08. The monoisotopic (exact) mass is 372 g/mol. The van der Waals surface area contributed by atoms with Crippen molar-refractivity contribution in [3.8, 4) is 22.4 Å². The molecule has 0 saturated heterocycles. The van der Waals surface area contributed by atoms with Gasteiger partial charge in [-0.1, -0.05) is 53.7 Å². The quantitative estimate of drug-likeness (QED) is 0.495. The Morgan fingerprint density at radius 3 is 2.50 bits per heavy atom. The van der Waals surface area contributed by atoms with E-state index in [1.54, 1.807) is 0 Å². The zero-order valence-corrected chi connectivity index (χ0v) is 14.8. The van der Waals surface area contributed by atoms with Crippen LogP contribution in [-0.4, -0.2) is 27.0 Å². The lowest BCUT2D eigenvalue weighted by Crippen LogP contribution is -2.01. The maximum absolute atomic E-state index is 12.9. The molecule has 0 aliphatic heterocycles. The van der Waals surface area contributed by atoms with E-state index in [1.807, 2.05) is 54.6 Å². The molecule has 2 aromatic carbocycles. The van der Waals surface area contributed by atoms with Gasteiger partial charge >= 0.3 is 5.97 Å². The van der Waals surface area contributed by atoms with E-state index in [0.717, 1.165) is 16.7 Å². The molecule has 0 saturated carbocycles. The molecule has 4 rings (SSSR count). The average molecular weight is 372 g/mol. The van der Waals surface area contributed by atoms with Crippen molar-refractivity contribution < 1.29 is 19.2 Å². The summed E-state index contributed by atoms with van der Waals surface area (Å²) in [7, 11) is 0. The number of aromatic nitrogens is 2. The van der Waals surface area contributed by atoms with Crippen LogP contribution >= 0.6 is 0 Å². The Hall–Kier alpha value is -3.93. The van der Waals surface area contributed by atoms with E-state index >= 15 is 0 Å². The normalized spacial score (nSPS) is 10.7. The molecule has 2 N–H and O–H groups in total. The number of rotatable bonds is 6. The van der Waals surface area contributed by atoms with E-state index < -0.39 is 5.97 Å². The van der Waals surface area contributed by atoms with Gasteiger partial charge in [-0.25, -0.2) is 0 Å². The highest BCUT2D eigenvalue weighted by Gasteiger charge is 2.20. The Kier molecular flexibility index (Phi) is 4.60. The number of carbonyl (C=O) groups is 2. The molecule has 0 aliphatic rings. The highest BCUT2D eigenvalue weighted by molar-refractivity contribution is 6.12. The minimum Gasteiger partial charge on any atom is -0.481 e. The zero-order valence-electron chi connectivity index (χ0n) is 14.8. The lowest BCUT2D eigenvalue weighted by Gasteiger charge is -2.05. The van der Waals surface area contributed by atoms with Crippen LogP contribution in [0.3, 0.4) is 0 Å². The lowest BCUT2D eigenvalue weighted by molar-refractivity contribution is -0.136. The summed E-state index contributed by atoms with van der Waals surface area (Å²) in [6, 6.07) is 19.2. The number of carboxylic acid groups (broad SMARTS) is 1. The predicted octanol–water partition coefficient (Wildman–Crippen LogP) is 4.19. The molecule has 0 bridgehead atoms. The van der Waals surface area contributed by atoms with Crippen LogP contribution in [0.15, 0.2) is 77.6 Å². The smallest absolute Gasteiger partial charge is 0.309 e. The second-order valence-corrected chi connectivity index (χ2v) is 6.34. The summed E-state index contributed by atoms with van der Waals surface area (Å²) in [5.41, 5.74) is 4.42. The number of aliphatic carboxylic acids is 1. The SMILES string of the molecule is O=C(O)Cc1cc(C(=O)c2conc2-c2cccc(-c3ccccc3)c2)c[nH]1. The maximum atomic E-state index is 12.9. The number of carbonyl (C=O) groups excluding carboxylic acids is 1. The molecule has 2 heterocycles. The van der Waals surface area contributed by atoms with E-state index in [1.165, 1.54) is 18.5 Å². The first kappa shape index (κ1) is 17.5. The third-order valence-electron chi connectivity index (χ3n) is 4.40. The molecule has 0 unspecified atom stereocenters. The Morgan fingerprint density at radius 2 is 1.71 bits per heavy atom. The Balaban J connectivity index is 1.67. The van der Waals surface area contributed by atoms with Gasteiger partial charge in [0.05, 0.1) is 12.0 Å². The lowest BCUT2D eigenvalue weighted by atomic mass is 9.98. The minimum absolute atomic E-state index is 0.178. The molecule has 0 atom stereocenters. The van der Waals surface area contributed by atoms with Gasteiger partial charge in [-0.05, 0) is 23.3 Å². The first-order valence-electron chi connectivity index (χ1n) is 8.66. The van der Waals surface area contributed by atoms with Gasteiger partial charge in [0.15, 0.2) is 5.78 Å². The van der Waals surface area contributed by atoms with E-state index in [9.17, 15) is 9.59 Å². The second kappa shape index (κ2) is 7.36. The summed E-state index contributed by atoms with van der Waals surface area (Å²) >= 11 is 0. The molecule has 2 aromatic heterocycles. The molecule has 0 amide bonds. The van der Waals surface area contributed by atoms with E-state index in [2.05, 4.69) is 10.1 Å². The van der Waals surface area contributed by atoms with Crippen LogP contribution in [0.4, 0.5) is 0 Å². The van der Waals surface area contributed by atoms with E-state index in [4.69, 9.17) is 9.63 Å². The van der Waals surface area contributed by atoms with Crippen LogP contribution in [-0.2, 0) is 11.2 Å². The van der Waals surface area contributed by atoms with Gasteiger partial charge in [-0.2, -0.15) is 0 Å². The highest BCUT2D eigenvalue weighted by atomic mass is 16.5. The van der Waals surface area contributed by atoms with Gasteiger partial charge in [-0.3, -0.25) is 9.59 Å². The summed E-state index contributed by atoms with van der Waals surface area (Å²) < 4.78 is 5.08. The fraction of sp³-hybridized carbons (Fsp3) is 0.0455. The summed E-state index contributed by atoms with van der Waals surface area (Å²) in [5, 5.41) is 12.9. The number of carboxylic acids is 1. The standard InChI is InChI=1S/C22H16N2O4/c25-20(26)11-18-10-17(12-23-18)22(27)19-13-28-24-21(19)16-8-4-7-15(9-16)14-5-2-1-3-6-14/h1-10,12-13,23H,11H2,(H,25,26). The molecule has 0 spiro atoms. The zero-order chi connectivity index (χ0) is 19.5. The molecular formula is C22H16N2O4. The van der Waals surface area contributed by atoms with Gasteiger partial charge in [0.25, 0.3) is 0 Å². The van der Waals surface area contributed by atoms with Crippen LogP contribution < -0.4 is 0 Å². The van der Waals surface area contributed by atoms with Crippen molar-refractivity contribution in [2.75, 3.05) is 0 Å². The fourth-order valence-corrected chi connectivity index (χ4v) is 3.08. The molecule has 0 aliphatic carbocycles. The van der Waals surface area contributed by atoms with Gasteiger partial charge < -0.3 is 14.6 Å². The summed E-state index contributed by atoms with van der Waals surface area (Å²) in [6.45, 7) is 0. The summed E-state index contributed by atoms with van der Waals surface area (Å²) in [5.74, 6) is -1.25. The summed E-state index contributed by atoms with van der Waals surface area (Å²) in [4.78, 5) is 26.5. The van der Waals surface area contributed by atoms with Crippen LogP contribution in [0, 0.1) is 0 Å². The number of benzene rings is 2. The number of ketones is 1. The topological polar surface area (TPSA) is 96.2 Å². The van der Waals surface area contributed by atoms with Crippen molar-refractivity contribution in [1.29, 1.82) is 0 Å². The molecular weight excluding hydrogens is 356 g/mol. The molecule has 6 nitrogen and oxygen atoms in total.